The summed E-state index contributed by atoms with van der Waals surface area (Å²) in [4.78, 5) is 0. The molecule has 0 saturated heterocycles. The van der Waals surface area contributed by atoms with E-state index in [0.29, 0.717) is 16.0 Å². The third kappa shape index (κ3) is 1.71. The molecule has 1 fully saturated rings. The topological polar surface area (TPSA) is 0 Å². The van der Waals surface area contributed by atoms with E-state index in [1.54, 1.807) is 6.07 Å². The first-order valence-corrected chi connectivity index (χ1v) is 4.77. The Kier molecular flexibility index (Phi) is 2.24. The summed E-state index contributed by atoms with van der Waals surface area (Å²) in [6.07, 6.45) is 0.957. The van der Waals surface area contributed by atoms with E-state index in [2.05, 4.69) is 0 Å². The molecule has 0 spiro atoms. The van der Waals surface area contributed by atoms with Gasteiger partial charge in [0.05, 0.1) is 5.38 Å². The number of hydrogen-bond acceptors (Lipinski definition) is 0. The number of halogens is 3. The van der Waals surface area contributed by atoms with Crippen molar-refractivity contribution in [3.63, 3.8) is 0 Å². The van der Waals surface area contributed by atoms with Crippen molar-refractivity contribution >= 4 is 34.8 Å². The van der Waals surface area contributed by atoms with E-state index in [-0.39, 0.29) is 0 Å². The first-order valence-electron chi connectivity index (χ1n) is 3.64. The summed E-state index contributed by atoms with van der Waals surface area (Å²) < 4.78 is 0. The lowest BCUT2D eigenvalue weighted by atomic mass is 10.1. The van der Waals surface area contributed by atoms with Crippen LogP contribution < -0.4 is 0 Å². The number of rotatable bonds is 1. The van der Waals surface area contributed by atoms with E-state index in [1.165, 1.54) is 0 Å². The lowest BCUT2D eigenvalue weighted by Gasteiger charge is -1.99. The van der Waals surface area contributed by atoms with Crippen molar-refractivity contribution < 1.29 is 0 Å². The molecule has 1 aliphatic rings. The van der Waals surface area contributed by atoms with Crippen LogP contribution in [-0.4, -0.2) is 0 Å². The molecule has 0 heterocycles. The summed E-state index contributed by atoms with van der Waals surface area (Å²) in [5.41, 5.74) is 1.12. The predicted molar refractivity (Wildman–Crippen MR) is 52.9 cm³/mol. The molecular weight excluding hydrogens is 214 g/mol. The van der Waals surface area contributed by atoms with E-state index < -0.39 is 0 Å². The van der Waals surface area contributed by atoms with Gasteiger partial charge >= 0.3 is 0 Å². The fourth-order valence-electron chi connectivity index (χ4n) is 1.21. The maximum Gasteiger partial charge on any atom is 0.0719 e. The normalized spacial score (nSPS) is 22.8. The molecule has 1 unspecified atom stereocenters. The van der Waals surface area contributed by atoms with Crippen molar-refractivity contribution in [3.05, 3.63) is 39.2 Å². The second kappa shape index (κ2) is 3.10. The minimum Gasteiger partial charge on any atom is -0.117 e. The van der Waals surface area contributed by atoms with Gasteiger partial charge in [-0.3, -0.25) is 0 Å². The van der Waals surface area contributed by atoms with Crippen LogP contribution in [0, 0.1) is 5.38 Å². The highest BCUT2D eigenvalue weighted by Gasteiger charge is 2.37. The zero-order chi connectivity index (χ0) is 8.72. The van der Waals surface area contributed by atoms with E-state index in [1.807, 2.05) is 12.1 Å². The molecule has 1 aliphatic carbocycles. The van der Waals surface area contributed by atoms with Gasteiger partial charge in [0.25, 0.3) is 0 Å². The van der Waals surface area contributed by atoms with Crippen LogP contribution in [-0.2, 0) is 0 Å². The molecule has 0 N–H and O–H groups in total. The van der Waals surface area contributed by atoms with Gasteiger partial charge in [-0.1, -0.05) is 23.2 Å². The summed E-state index contributed by atoms with van der Waals surface area (Å²) >= 11 is 17.5. The molecule has 3 heteroatoms. The highest BCUT2D eigenvalue weighted by atomic mass is 35.5. The Balaban J connectivity index is 2.32. The predicted octanol–water partition coefficient (Wildman–Crippen LogP) is 4.25. The van der Waals surface area contributed by atoms with Crippen molar-refractivity contribution in [1.82, 2.24) is 0 Å². The molecule has 2 rings (SSSR count). The third-order valence-corrected chi connectivity index (χ3v) is 2.76. The van der Waals surface area contributed by atoms with E-state index >= 15 is 0 Å². The van der Waals surface area contributed by atoms with Crippen LogP contribution in [0.15, 0.2) is 18.2 Å². The summed E-state index contributed by atoms with van der Waals surface area (Å²) in [6, 6.07) is 5.55. The Bertz CT molecular complexity index is 288. The average Bonchev–Trinajstić information content (AvgIpc) is 2.64. The highest BCUT2D eigenvalue weighted by molar-refractivity contribution is 6.35. The van der Waals surface area contributed by atoms with Crippen LogP contribution in [0.2, 0.25) is 10.0 Å². The highest BCUT2D eigenvalue weighted by Crippen LogP contribution is 2.53. The molecule has 0 nitrogen and oxygen atoms in total. The maximum atomic E-state index is 5.83. The van der Waals surface area contributed by atoms with Gasteiger partial charge in [-0.05, 0) is 30.2 Å². The maximum absolute atomic E-state index is 5.83. The quantitative estimate of drug-likeness (QED) is 0.664. The zero-order valence-corrected chi connectivity index (χ0v) is 8.42. The number of benzene rings is 1. The van der Waals surface area contributed by atoms with Crippen LogP contribution >= 0.6 is 34.8 Å². The van der Waals surface area contributed by atoms with E-state index in [9.17, 15) is 0 Å². The fraction of sp³-hybridized carbons (Fsp3) is 0.222. The molecule has 0 aromatic heterocycles. The lowest BCUT2D eigenvalue weighted by Crippen LogP contribution is -1.79. The van der Waals surface area contributed by atoms with Crippen LogP contribution in [0.3, 0.4) is 0 Å². The minimum atomic E-state index is 0.378. The van der Waals surface area contributed by atoms with Crippen LogP contribution in [0.25, 0.3) is 0 Å². The minimum absolute atomic E-state index is 0.378. The molecule has 12 heavy (non-hydrogen) atoms. The molecule has 1 aromatic carbocycles. The van der Waals surface area contributed by atoms with Gasteiger partial charge in [0.15, 0.2) is 0 Å². The van der Waals surface area contributed by atoms with Gasteiger partial charge in [-0.15, -0.1) is 11.6 Å². The van der Waals surface area contributed by atoms with Gasteiger partial charge in [0, 0.05) is 16.0 Å². The van der Waals surface area contributed by atoms with Crippen LogP contribution in [0.1, 0.15) is 17.9 Å². The monoisotopic (exact) mass is 219 g/mol. The van der Waals surface area contributed by atoms with Crippen molar-refractivity contribution in [1.29, 1.82) is 0 Å². The Labute approximate surface area is 86.4 Å². The van der Waals surface area contributed by atoms with Gasteiger partial charge in [0.2, 0.25) is 0 Å². The zero-order valence-electron chi connectivity index (χ0n) is 6.15. The largest absolute Gasteiger partial charge is 0.117 e. The van der Waals surface area contributed by atoms with Gasteiger partial charge in [-0.25, -0.2) is 0 Å². The average molecular weight is 221 g/mol. The smallest absolute Gasteiger partial charge is 0.0719 e. The molecule has 1 saturated carbocycles. The van der Waals surface area contributed by atoms with Crippen molar-refractivity contribution in [2.45, 2.75) is 12.3 Å². The summed E-state index contributed by atoms with van der Waals surface area (Å²) in [7, 11) is 0. The fourth-order valence-corrected chi connectivity index (χ4v) is 2.03. The molecule has 1 aromatic rings. The van der Waals surface area contributed by atoms with E-state index in [4.69, 9.17) is 34.8 Å². The Morgan fingerprint density at radius 1 is 1.00 bits per heavy atom. The lowest BCUT2D eigenvalue weighted by molar-refractivity contribution is 1.16. The molecule has 63 valence electrons. The van der Waals surface area contributed by atoms with Gasteiger partial charge in [0.1, 0.15) is 0 Å². The molecule has 0 aliphatic heterocycles. The SMILES string of the molecule is Cl[C]1CC1c1cc(Cl)cc(Cl)c1. The Morgan fingerprint density at radius 2 is 1.50 bits per heavy atom. The molecular formula is C9H6Cl3. The van der Waals surface area contributed by atoms with Crippen LogP contribution in [0.4, 0.5) is 0 Å². The second-order valence-electron chi connectivity index (χ2n) is 2.91. The molecule has 1 radical (unpaired) electrons. The standard InChI is InChI=1S/C9H6Cl3/c10-6-1-5(2-7(11)3-6)8-4-9(8)12/h1-3,8H,4H2. The summed E-state index contributed by atoms with van der Waals surface area (Å²) in [6.45, 7) is 0. The molecule has 1 atom stereocenters. The van der Waals surface area contributed by atoms with E-state index in [0.717, 1.165) is 17.4 Å². The van der Waals surface area contributed by atoms with Crippen LogP contribution in [0.5, 0.6) is 0 Å². The third-order valence-electron chi connectivity index (χ3n) is 1.90. The first-order chi connectivity index (χ1) is 5.66. The second-order valence-corrected chi connectivity index (χ2v) is 4.26. The number of hydrogen-bond donors (Lipinski definition) is 0. The Hall–Kier alpha value is 0.0900. The molecule has 0 bridgehead atoms. The molecule has 0 amide bonds. The van der Waals surface area contributed by atoms with Crippen molar-refractivity contribution in [2.24, 2.45) is 0 Å². The van der Waals surface area contributed by atoms with Gasteiger partial charge < -0.3 is 0 Å². The Morgan fingerprint density at radius 3 is 1.92 bits per heavy atom. The summed E-state index contributed by atoms with van der Waals surface area (Å²) in [5.74, 6) is 0.378. The van der Waals surface area contributed by atoms with Crippen molar-refractivity contribution in [2.75, 3.05) is 0 Å². The first kappa shape index (κ1) is 8.68. The summed E-state index contributed by atoms with van der Waals surface area (Å²) in [5, 5.41) is 2.34. The van der Waals surface area contributed by atoms with Crippen molar-refractivity contribution in [3.8, 4) is 0 Å². The van der Waals surface area contributed by atoms with Gasteiger partial charge in [-0.2, -0.15) is 0 Å².